The average Bonchev–Trinajstić information content (AvgIpc) is 2.37. The predicted octanol–water partition coefficient (Wildman–Crippen LogP) is 5.56. The molecule has 0 spiro atoms. The fourth-order valence-corrected chi connectivity index (χ4v) is 1.85. The minimum absolute atomic E-state index is 0.0266. The van der Waals surface area contributed by atoms with E-state index in [0.29, 0.717) is 0 Å². The van der Waals surface area contributed by atoms with Crippen molar-refractivity contribution in [3.05, 3.63) is 60.5 Å². The molecule has 0 rings (SSSR count). The third-order valence-corrected chi connectivity index (χ3v) is 3.33. The lowest BCUT2D eigenvalue weighted by Crippen LogP contribution is -2.12. The lowest BCUT2D eigenvalue weighted by Gasteiger charge is -2.22. The van der Waals surface area contributed by atoms with Gasteiger partial charge in [0.1, 0.15) is 0 Å². The van der Waals surface area contributed by atoms with Gasteiger partial charge in [0, 0.05) is 17.3 Å². The second kappa shape index (κ2) is 7.98. The normalized spacial score (nSPS) is 15.8. The largest absolute Gasteiger partial charge is 0.403 e. The monoisotopic (exact) mass is 300 g/mol. The van der Waals surface area contributed by atoms with Crippen LogP contribution < -0.4 is 5.73 Å². The molecular formula is C20H32N2. The molecule has 0 aliphatic carbocycles. The van der Waals surface area contributed by atoms with Crippen molar-refractivity contribution in [1.82, 2.24) is 0 Å². The molecule has 0 amide bonds. The molecule has 0 fully saturated rings. The number of rotatable bonds is 5. The van der Waals surface area contributed by atoms with Crippen LogP contribution in [0.15, 0.2) is 65.5 Å². The average molecular weight is 300 g/mol. The Morgan fingerprint density at radius 1 is 1.00 bits per heavy atom. The van der Waals surface area contributed by atoms with Crippen LogP contribution in [0.5, 0.6) is 0 Å². The number of aliphatic imine (C=N–C) groups is 1. The minimum atomic E-state index is -0.0929. The molecule has 0 aliphatic rings. The molecule has 0 bridgehead atoms. The Balaban J connectivity index is 5.92. The van der Waals surface area contributed by atoms with Gasteiger partial charge in [-0.15, -0.1) is 0 Å². The van der Waals surface area contributed by atoms with E-state index in [1.165, 1.54) is 0 Å². The van der Waals surface area contributed by atoms with Crippen molar-refractivity contribution in [3.63, 3.8) is 0 Å². The Morgan fingerprint density at radius 3 is 1.86 bits per heavy atom. The fourth-order valence-electron chi connectivity index (χ4n) is 1.85. The molecule has 22 heavy (non-hydrogen) atoms. The van der Waals surface area contributed by atoms with E-state index in [1.54, 1.807) is 12.3 Å². The van der Waals surface area contributed by atoms with Gasteiger partial charge in [0.05, 0.1) is 5.70 Å². The zero-order chi connectivity index (χ0) is 17.6. The van der Waals surface area contributed by atoms with Crippen molar-refractivity contribution in [3.8, 4) is 0 Å². The van der Waals surface area contributed by atoms with Crippen LogP contribution in [0, 0.1) is 10.8 Å². The molecule has 0 radical (unpaired) electrons. The summed E-state index contributed by atoms with van der Waals surface area (Å²) in [5.74, 6) is 0. The SMILES string of the molecule is C=C/C=C(\C=C(/C=C)C(C)(C)C)C(/C)=N/C(=C\N)C(C)(C)C. The number of nitrogens with zero attached hydrogens (tertiary/aromatic N) is 1. The molecule has 0 aromatic heterocycles. The Labute approximate surface area is 136 Å². The van der Waals surface area contributed by atoms with Crippen molar-refractivity contribution in [2.45, 2.75) is 48.5 Å². The van der Waals surface area contributed by atoms with Gasteiger partial charge in [0.25, 0.3) is 0 Å². The Kier molecular flexibility index (Phi) is 7.31. The van der Waals surface area contributed by atoms with E-state index in [-0.39, 0.29) is 10.8 Å². The van der Waals surface area contributed by atoms with Gasteiger partial charge in [0.15, 0.2) is 0 Å². The van der Waals surface area contributed by atoms with Crippen molar-refractivity contribution >= 4 is 5.71 Å². The van der Waals surface area contributed by atoms with Gasteiger partial charge in [-0.05, 0) is 29.6 Å². The summed E-state index contributed by atoms with van der Waals surface area (Å²) < 4.78 is 0. The first kappa shape index (κ1) is 20.2. The zero-order valence-electron chi connectivity index (χ0n) is 15.3. The molecular weight excluding hydrogens is 268 g/mol. The van der Waals surface area contributed by atoms with Gasteiger partial charge in [-0.3, -0.25) is 4.99 Å². The molecule has 0 unspecified atom stereocenters. The number of allylic oxidation sites excluding steroid dienone is 7. The number of hydrogen-bond acceptors (Lipinski definition) is 2. The van der Waals surface area contributed by atoms with Gasteiger partial charge in [-0.2, -0.15) is 0 Å². The second-order valence-electron chi connectivity index (χ2n) is 7.41. The summed E-state index contributed by atoms with van der Waals surface area (Å²) >= 11 is 0. The molecule has 2 N–H and O–H groups in total. The maximum Gasteiger partial charge on any atom is 0.0614 e. The molecule has 2 heteroatoms. The van der Waals surface area contributed by atoms with Gasteiger partial charge in [-0.1, -0.05) is 72.9 Å². The molecule has 0 saturated heterocycles. The van der Waals surface area contributed by atoms with E-state index in [1.807, 2.05) is 19.1 Å². The lowest BCUT2D eigenvalue weighted by atomic mass is 9.85. The Morgan fingerprint density at radius 2 is 1.55 bits per heavy atom. The van der Waals surface area contributed by atoms with Crippen LogP contribution in [-0.4, -0.2) is 5.71 Å². The third-order valence-electron chi connectivity index (χ3n) is 3.33. The first-order valence-electron chi connectivity index (χ1n) is 7.62. The highest BCUT2D eigenvalue weighted by molar-refractivity contribution is 6.01. The topological polar surface area (TPSA) is 38.4 Å². The first-order chi connectivity index (χ1) is 9.97. The highest BCUT2D eigenvalue weighted by Gasteiger charge is 2.18. The summed E-state index contributed by atoms with van der Waals surface area (Å²) in [7, 11) is 0. The molecule has 0 saturated carbocycles. The highest BCUT2D eigenvalue weighted by Crippen LogP contribution is 2.29. The highest BCUT2D eigenvalue weighted by atomic mass is 14.8. The van der Waals surface area contributed by atoms with Crippen LogP contribution >= 0.6 is 0 Å². The molecule has 0 aliphatic heterocycles. The molecule has 0 aromatic carbocycles. The van der Waals surface area contributed by atoms with Crippen molar-refractivity contribution in [2.24, 2.45) is 21.6 Å². The predicted molar refractivity (Wildman–Crippen MR) is 101 cm³/mol. The van der Waals surface area contributed by atoms with Crippen LogP contribution in [0.1, 0.15) is 48.5 Å². The Hall–Kier alpha value is -1.83. The fraction of sp³-hybridized carbons (Fsp3) is 0.450. The minimum Gasteiger partial charge on any atom is -0.403 e. The molecule has 0 aromatic rings. The van der Waals surface area contributed by atoms with E-state index in [4.69, 9.17) is 10.7 Å². The summed E-state index contributed by atoms with van der Waals surface area (Å²) in [5.41, 5.74) is 9.62. The molecule has 2 nitrogen and oxygen atoms in total. The smallest absolute Gasteiger partial charge is 0.0614 e. The van der Waals surface area contributed by atoms with Gasteiger partial charge < -0.3 is 5.73 Å². The number of hydrogen-bond donors (Lipinski definition) is 1. The summed E-state index contributed by atoms with van der Waals surface area (Å²) in [6.45, 7) is 22.5. The van der Waals surface area contributed by atoms with Gasteiger partial charge in [-0.25, -0.2) is 0 Å². The van der Waals surface area contributed by atoms with E-state index in [9.17, 15) is 0 Å². The lowest BCUT2D eigenvalue weighted by molar-refractivity contribution is 0.497. The van der Waals surface area contributed by atoms with E-state index < -0.39 is 0 Å². The van der Waals surface area contributed by atoms with Crippen molar-refractivity contribution in [2.75, 3.05) is 0 Å². The summed E-state index contributed by atoms with van der Waals surface area (Å²) in [5, 5.41) is 0. The summed E-state index contributed by atoms with van der Waals surface area (Å²) in [6.07, 6.45) is 9.33. The molecule has 0 atom stereocenters. The van der Waals surface area contributed by atoms with Crippen molar-refractivity contribution in [1.29, 1.82) is 0 Å². The van der Waals surface area contributed by atoms with E-state index in [0.717, 1.165) is 22.6 Å². The molecule has 0 heterocycles. The number of nitrogens with two attached hydrogens (primary N) is 1. The zero-order valence-corrected chi connectivity index (χ0v) is 15.3. The van der Waals surface area contributed by atoms with Gasteiger partial charge in [0.2, 0.25) is 0 Å². The van der Waals surface area contributed by atoms with Crippen molar-refractivity contribution < 1.29 is 0 Å². The van der Waals surface area contributed by atoms with Gasteiger partial charge >= 0.3 is 0 Å². The second-order valence-corrected chi connectivity index (χ2v) is 7.41. The van der Waals surface area contributed by atoms with Crippen LogP contribution in [0.4, 0.5) is 0 Å². The third kappa shape index (κ3) is 6.30. The quantitative estimate of drug-likeness (QED) is 0.523. The summed E-state index contributed by atoms with van der Waals surface area (Å²) in [6, 6.07) is 0. The van der Waals surface area contributed by atoms with Crippen LogP contribution in [-0.2, 0) is 0 Å². The standard InChI is InChI=1S/C20H32N2/c1-10-12-16(13-17(11-2)19(4,5)6)15(3)22-18(14-21)20(7,8)9/h10-14H,1-2,21H2,3-9H3/b16-12+,17-13+,18-14-,22-15+. The first-order valence-corrected chi connectivity index (χ1v) is 7.62. The Bertz CT molecular complexity index is 527. The van der Waals surface area contributed by atoms with Crippen LogP contribution in [0.25, 0.3) is 0 Å². The maximum atomic E-state index is 5.74. The maximum absolute atomic E-state index is 5.74. The van der Waals surface area contributed by atoms with Crippen LogP contribution in [0.3, 0.4) is 0 Å². The van der Waals surface area contributed by atoms with E-state index >= 15 is 0 Å². The van der Waals surface area contributed by atoms with E-state index in [2.05, 4.69) is 60.8 Å². The molecule has 122 valence electrons. The summed E-state index contributed by atoms with van der Waals surface area (Å²) in [4.78, 5) is 4.71. The van der Waals surface area contributed by atoms with Crippen LogP contribution in [0.2, 0.25) is 0 Å².